The van der Waals surface area contributed by atoms with Gasteiger partial charge in [-0.25, -0.2) is 4.68 Å². The van der Waals surface area contributed by atoms with Gasteiger partial charge in [-0.05, 0) is 29.8 Å². The van der Waals surface area contributed by atoms with Crippen LogP contribution in [-0.2, 0) is 4.79 Å². The van der Waals surface area contributed by atoms with E-state index in [0.717, 1.165) is 5.56 Å². The lowest BCUT2D eigenvalue weighted by Gasteiger charge is -2.24. The third-order valence-corrected chi connectivity index (χ3v) is 4.82. The van der Waals surface area contributed by atoms with Crippen molar-refractivity contribution in [2.45, 2.75) is 12.5 Å². The molecule has 2 heterocycles. The van der Waals surface area contributed by atoms with Gasteiger partial charge < -0.3 is 14.2 Å². The molecule has 0 bridgehead atoms. The highest BCUT2D eigenvalue weighted by Crippen LogP contribution is 2.35. The van der Waals surface area contributed by atoms with E-state index in [1.54, 1.807) is 23.9 Å². The second-order valence-electron chi connectivity index (χ2n) is 6.33. The number of fused-ring (bicyclic) bond motifs is 1. The predicted octanol–water partition coefficient (Wildman–Crippen LogP) is 3.33. The number of aromatic nitrogens is 3. The largest absolute Gasteiger partial charge is 0.493 e. The molecule has 2 aromatic carbocycles. The van der Waals surface area contributed by atoms with Crippen molar-refractivity contribution in [3.63, 3.8) is 0 Å². The van der Waals surface area contributed by atoms with Crippen LogP contribution in [0.2, 0.25) is 5.02 Å². The number of halogens is 1. The molecule has 4 rings (SSSR count). The maximum Gasteiger partial charge on any atom is 0.229 e. The van der Waals surface area contributed by atoms with Crippen LogP contribution in [0, 0.1) is 0 Å². The van der Waals surface area contributed by atoms with E-state index < -0.39 is 0 Å². The zero-order chi connectivity index (χ0) is 20.2. The summed E-state index contributed by atoms with van der Waals surface area (Å²) >= 11 is 6.07. The number of amides is 1. The molecule has 8 nitrogen and oxygen atoms in total. The molecule has 0 saturated heterocycles. The highest BCUT2D eigenvalue weighted by molar-refractivity contribution is 6.32. The van der Waals surface area contributed by atoms with Gasteiger partial charge >= 0.3 is 0 Å². The molecule has 9 heteroatoms. The lowest BCUT2D eigenvalue weighted by molar-refractivity contribution is -0.117. The number of carbonyl (C=O) groups is 1. The molecule has 150 valence electrons. The van der Waals surface area contributed by atoms with E-state index in [2.05, 4.69) is 15.4 Å². The van der Waals surface area contributed by atoms with Crippen molar-refractivity contribution in [1.29, 1.82) is 0 Å². The Morgan fingerprint density at radius 1 is 1.14 bits per heavy atom. The fourth-order valence-electron chi connectivity index (χ4n) is 3.14. The van der Waals surface area contributed by atoms with E-state index in [1.165, 1.54) is 6.33 Å². The number of rotatable bonds is 7. The second-order valence-corrected chi connectivity index (χ2v) is 6.74. The Morgan fingerprint density at radius 3 is 2.72 bits per heavy atom. The SMILES string of the molecule is COc1cc(C2CC(=O)Nc3ncnn32)ccc1OCCOc1ccccc1Cl. The fourth-order valence-corrected chi connectivity index (χ4v) is 3.33. The van der Waals surface area contributed by atoms with E-state index in [-0.39, 0.29) is 18.4 Å². The molecule has 1 aliphatic rings. The van der Waals surface area contributed by atoms with Gasteiger partial charge in [0, 0.05) is 0 Å². The van der Waals surface area contributed by atoms with Gasteiger partial charge in [-0.15, -0.1) is 0 Å². The van der Waals surface area contributed by atoms with Crippen molar-refractivity contribution in [3.05, 3.63) is 59.4 Å². The number of benzene rings is 2. The molecule has 0 radical (unpaired) electrons. The van der Waals surface area contributed by atoms with E-state index >= 15 is 0 Å². The van der Waals surface area contributed by atoms with Crippen molar-refractivity contribution >= 4 is 23.5 Å². The molecule has 1 amide bonds. The Morgan fingerprint density at radius 2 is 1.93 bits per heavy atom. The number of hydrogen-bond acceptors (Lipinski definition) is 6. The first-order valence-electron chi connectivity index (χ1n) is 9.03. The van der Waals surface area contributed by atoms with Crippen molar-refractivity contribution < 1.29 is 19.0 Å². The Kier molecular flexibility index (Phi) is 5.53. The van der Waals surface area contributed by atoms with E-state index in [0.29, 0.717) is 41.4 Å². The normalized spacial score (nSPS) is 15.4. The smallest absolute Gasteiger partial charge is 0.229 e. The zero-order valence-corrected chi connectivity index (χ0v) is 16.4. The summed E-state index contributed by atoms with van der Waals surface area (Å²) in [4.78, 5) is 16.0. The summed E-state index contributed by atoms with van der Waals surface area (Å²) in [5.74, 6) is 2.08. The number of nitrogens with one attached hydrogen (secondary N) is 1. The molecule has 0 saturated carbocycles. The lowest BCUT2D eigenvalue weighted by atomic mass is 10.0. The fraction of sp³-hybridized carbons (Fsp3) is 0.250. The molecule has 1 N–H and O–H groups in total. The topological polar surface area (TPSA) is 87.5 Å². The number of carbonyl (C=O) groups excluding carboxylic acids is 1. The van der Waals surface area contributed by atoms with Crippen LogP contribution in [0.15, 0.2) is 48.8 Å². The molecular weight excluding hydrogens is 396 g/mol. The maximum atomic E-state index is 12.0. The van der Waals surface area contributed by atoms with Crippen molar-refractivity contribution in [3.8, 4) is 17.2 Å². The highest BCUT2D eigenvalue weighted by atomic mass is 35.5. The number of methoxy groups -OCH3 is 1. The maximum absolute atomic E-state index is 12.0. The first kappa shape index (κ1) is 19.1. The van der Waals surface area contributed by atoms with Gasteiger partial charge in [0.2, 0.25) is 11.9 Å². The number of anilines is 1. The molecule has 0 fully saturated rings. The highest BCUT2D eigenvalue weighted by Gasteiger charge is 2.28. The third-order valence-electron chi connectivity index (χ3n) is 4.51. The average Bonchev–Trinajstić information content (AvgIpc) is 3.20. The minimum absolute atomic E-state index is 0.105. The Balaban J connectivity index is 1.44. The quantitative estimate of drug-likeness (QED) is 0.597. The Bertz CT molecular complexity index is 1020. The first-order valence-corrected chi connectivity index (χ1v) is 9.41. The molecule has 1 aliphatic heterocycles. The molecule has 1 atom stereocenters. The summed E-state index contributed by atoms with van der Waals surface area (Å²) < 4.78 is 18.6. The summed E-state index contributed by atoms with van der Waals surface area (Å²) in [5, 5.41) is 7.47. The average molecular weight is 415 g/mol. The Hall–Kier alpha value is -3.26. The van der Waals surface area contributed by atoms with Gasteiger partial charge in [-0.3, -0.25) is 10.1 Å². The molecule has 0 aliphatic carbocycles. The summed E-state index contributed by atoms with van der Waals surface area (Å²) in [6.45, 7) is 0.653. The van der Waals surface area contributed by atoms with Crippen LogP contribution >= 0.6 is 11.6 Å². The number of hydrogen-bond donors (Lipinski definition) is 1. The van der Waals surface area contributed by atoms with E-state index in [9.17, 15) is 4.79 Å². The zero-order valence-electron chi connectivity index (χ0n) is 15.7. The van der Waals surface area contributed by atoms with Crippen LogP contribution < -0.4 is 19.5 Å². The van der Waals surface area contributed by atoms with Gasteiger partial charge in [-0.2, -0.15) is 10.1 Å². The Labute approximate surface area is 172 Å². The number of ether oxygens (including phenoxy) is 3. The summed E-state index contributed by atoms with van der Waals surface area (Å²) in [7, 11) is 1.57. The molecule has 0 spiro atoms. The number of para-hydroxylation sites is 1. The van der Waals surface area contributed by atoms with Crippen LogP contribution in [0.4, 0.5) is 5.95 Å². The van der Waals surface area contributed by atoms with Gasteiger partial charge in [0.1, 0.15) is 25.3 Å². The standard InChI is InChI=1S/C20H19ClN4O4/c1-27-18-10-13(15-11-19(26)24-20-22-12-23-25(15)20)6-7-17(18)29-9-8-28-16-5-3-2-4-14(16)21/h2-7,10,12,15H,8-9,11H2,1H3,(H,22,23,24,26). The van der Waals surface area contributed by atoms with Crippen molar-refractivity contribution in [1.82, 2.24) is 14.8 Å². The molecule has 1 aromatic heterocycles. The van der Waals surface area contributed by atoms with Gasteiger partial charge in [-0.1, -0.05) is 29.8 Å². The van der Waals surface area contributed by atoms with Crippen molar-refractivity contribution in [2.24, 2.45) is 0 Å². The van der Waals surface area contributed by atoms with Gasteiger partial charge in [0.25, 0.3) is 0 Å². The molecule has 3 aromatic rings. The lowest BCUT2D eigenvalue weighted by Crippen LogP contribution is -2.29. The summed E-state index contributed by atoms with van der Waals surface area (Å²) in [5.41, 5.74) is 0.878. The third kappa shape index (κ3) is 4.12. The van der Waals surface area contributed by atoms with Crippen LogP contribution in [0.3, 0.4) is 0 Å². The summed E-state index contributed by atoms with van der Waals surface area (Å²) in [6.07, 6.45) is 1.69. The number of nitrogens with zero attached hydrogens (tertiary/aromatic N) is 3. The molecular formula is C20H19ClN4O4. The van der Waals surface area contributed by atoms with E-state index in [4.69, 9.17) is 25.8 Å². The monoisotopic (exact) mass is 414 g/mol. The van der Waals surface area contributed by atoms with Crippen LogP contribution in [0.25, 0.3) is 0 Å². The van der Waals surface area contributed by atoms with Crippen LogP contribution in [0.5, 0.6) is 17.2 Å². The second kappa shape index (κ2) is 8.40. The van der Waals surface area contributed by atoms with Crippen LogP contribution in [-0.4, -0.2) is 41.0 Å². The minimum atomic E-state index is -0.257. The van der Waals surface area contributed by atoms with E-state index in [1.807, 2.05) is 30.3 Å². The minimum Gasteiger partial charge on any atom is -0.493 e. The van der Waals surface area contributed by atoms with Crippen LogP contribution in [0.1, 0.15) is 18.0 Å². The first-order chi connectivity index (χ1) is 14.2. The van der Waals surface area contributed by atoms with Gasteiger partial charge in [0.15, 0.2) is 11.5 Å². The predicted molar refractivity (Wildman–Crippen MR) is 107 cm³/mol. The molecule has 1 unspecified atom stereocenters. The van der Waals surface area contributed by atoms with Gasteiger partial charge in [0.05, 0.1) is 24.6 Å². The van der Waals surface area contributed by atoms with Crippen molar-refractivity contribution in [2.75, 3.05) is 25.6 Å². The molecule has 29 heavy (non-hydrogen) atoms. The summed E-state index contributed by atoms with van der Waals surface area (Å²) in [6, 6.07) is 12.6.